The minimum absolute atomic E-state index is 0.284. The lowest BCUT2D eigenvalue weighted by atomic mass is 9.91. The number of benzene rings is 1. The van der Waals surface area contributed by atoms with Crippen molar-refractivity contribution < 1.29 is 8.78 Å². The van der Waals surface area contributed by atoms with Crippen LogP contribution in [0.25, 0.3) is 0 Å². The molecule has 1 aliphatic carbocycles. The first-order chi connectivity index (χ1) is 7.58. The van der Waals surface area contributed by atoms with Crippen LogP contribution in [0.3, 0.4) is 0 Å². The molecule has 88 valence electrons. The zero-order valence-electron chi connectivity index (χ0n) is 9.42. The third-order valence-electron chi connectivity index (χ3n) is 3.56. The van der Waals surface area contributed by atoms with Gasteiger partial charge in [0.15, 0.2) is 0 Å². The Bertz CT molecular complexity index is 378. The van der Waals surface area contributed by atoms with Crippen molar-refractivity contribution in [1.29, 1.82) is 0 Å². The number of hydrogen-bond acceptors (Lipinski definition) is 1. The molecule has 0 heterocycles. The second-order valence-electron chi connectivity index (χ2n) is 4.87. The Morgan fingerprint density at radius 2 is 2.06 bits per heavy atom. The first kappa shape index (κ1) is 11.5. The third kappa shape index (κ3) is 2.24. The van der Waals surface area contributed by atoms with Gasteiger partial charge in [-0.1, -0.05) is 13.3 Å². The molecule has 1 nitrogen and oxygen atoms in total. The first-order valence-electron chi connectivity index (χ1n) is 5.78. The van der Waals surface area contributed by atoms with Gasteiger partial charge in [0.1, 0.15) is 11.6 Å². The maximum Gasteiger partial charge on any atom is 0.128 e. The summed E-state index contributed by atoms with van der Waals surface area (Å²) in [5.74, 6) is 0.116. The van der Waals surface area contributed by atoms with E-state index < -0.39 is 11.6 Å². The zero-order chi connectivity index (χ0) is 11.7. The highest BCUT2D eigenvalue weighted by molar-refractivity contribution is 5.23. The van der Waals surface area contributed by atoms with E-state index in [-0.39, 0.29) is 12.0 Å². The summed E-state index contributed by atoms with van der Waals surface area (Å²) in [5, 5.41) is 0. The van der Waals surface area contributed by atoms with Gasteiger partial charge in [-0.15, -0.1) is 0 Å². The van der Waals surface area contributed by atoms with Gasteiger partial charge >= 0.3 is 0 Å². The maximum absolute atomic E-state index is 13.5. The highest BCUT2D eigenvalue weighted by Crippen LogP contribution is 2.38. The van der Waals surface area contributed by atoms with Crippen molar-refractivity contribution in [3.63, 3.8) is 0 Å². The molecule has 16 heavy (non-hydrogen) atoms. The van der Waals surface area contributed by atoms with E-state index in [0.29, 0.717) is 11.5 Å². The van der Waals surface area contributed by atoms with E-state index in [9.17, 15) is 8.78 Å². The summed E-state index contributed by atoms with van der Waals surface area (Å²) in [4.78, 5) is 0. The van der Waals surface area contributed by atoms with E-state index in [1.165, 1.54) is 6.07 Å². The average molecular weight is 225 g/mol. The third-order valence-corrected chi connectivity index (χ3v) is 3.56. The van der Waals surface area contributed by atoms with Crippen LogP contribution in [0, 0.1) is 23.5 Å². The molecule has 0 amide bonds. The van der Waals surface area contributed by atoms with Gasteiger partial charge in [0, 0.05) is 11.6 Å². The molecule has 0 aliphatic heterocycles. The van der Waals surface area contributed by atoms with Crippen LogP contribution in [0.15, 0.2) is 18.2 Å². The predicted molar refractivity (Wildman–Crippen MR) is 59.8 cm³/mol. The fourth-order valence-corrected chi connectivity index (χ4v) is 2.60. The van der Waals surface area contributed by atoms with Crippen molar-refractivity contribution in [2.75, 3.05) is 0 Å². The molecule has 1 aromatic rings. The quantitative estimate of drug-likeness (QED) is 0.820. The van der Waals surface area contributed by atoms with Gasteiger partial charge in [0.05, 0.1) is 0 Å². The molecule has 2 rings (SSSR count). The van der Waals surface area contributed by atoms with E-state index >= 15 is 0 Å². The van der Waals surface area contributed by atoms with Crippen molar-refractivity contribution in [1.82, 2.24) is 0 Å². The van der Waals surface area contributed by atoms with E-state index in [1.807, 2.05) is 0 Å². The molecule has 1 saturated carbocycles. The molecule has 0 aromatic heterocycles. The van der Waals surface area contributed by atoms with Gasteiger partial charge < -0.3 is 5.73 Å². The van der Waals surface area contributed by atoms with Crippen LogP contribution < -0.4 is 5.73 Å². The van der Waals surface area contributed by atoms with E-state index in [0.717, 1.165) is 31.4 Å². The molecule has 1 aliphatic rings. The summed E-state index contributed by atoms with van der Waals surface area (Å²) in [7, 11) is 0. The molecule has 1 aromatic carbocycles. The van der Waals surface area contributed by atoms with Crippen LogP contribution >= 0.6 is 0 Å². The van der Waals surface area contributed by atoms with Crippen molar-refractivity contribution in [3.8, 4) is 0 Å². The molecule has 0 spiro atoms. The SMILES string of the molecule is CC1CCC(C(N)c2cc(F)ccc2F)C1. The van der Waals surface area contributed by atoms with Crippen molar-refractivity contribution >= 4 is 0 Å². The largest absolute Gasteiger partial charge is 0.324 e. The zero-order valence-corrected chi connectivity index (χ0v) is 9.42. The average Bonchev–Trinajstić information content (AvgIpc) is 2.67. The Morgan fingerprint density at radius 1 is 1.31 bits per heavy atom. The predicted octanol–water partition coefficient (Wildman–Crippen LogP) is 3.40. The highest BCUT2D eigenvalue weighted by Gasteiger charge is 2.29. The standard InChI is InChI=1S/C13H17F2N/c1-8-2-3-9(6-8)13(16)11-7-10(14)4-5-12(11)15/h4-5,7-9,13H,2-3,6,16H2,1H3. The maximum atomic E-state index is 13.5. The van der Waals surface area contributed by atoms with Crippen molar-refractivity contribution in [2.24, 2.45) is 17.6 Å². The lowest BCUT2D eigenvalue weighted by Gasteiger charge is -2.20. The summed E-state index contributed by atoms with van der Waals surface area (Å²) in [6.07, 6.45) is 3.16. The first-order valence-corrected chi connectivity index (χ1v) is 5.78. The van der Waals surface area contributed by atoms with Crippen LogP contribution in [-0.4, -0.2) is 0 Å². The van der Waals surface area contributed by atoms with E-state index in [4.69, 9.17) is 5.73 Å². The van der Waals surface area contributed by atoms with Gasteiger partial charge in [-0.25, -0.2) is 8.78 Å². The fourth-order valence-electron chi connectivity index (χ4n) is 2.60. The molecular formula is C13H17F2N. The molecule has 3 unspecified atom stereocenters. The Kier molecular flexibility index (Phi) is 3.24. The fraction of sp³-hybridized carbons (Fsp3) is 0.538. The smallest absolute Gasteiger partial charge is 0.128 e. The number of halogens is 2. The minimum Gasteiger partial charge on any atom is -0.324 e. The van der Waals surface area contributed by atoms with Gasteiger partial charge in [-0.3, -0.25) is 0 Å². The topological polar surface area (TPSA) is 26.0 Å². The summed E-state index contributed by atoms with van der Waals surface area (Å²) >= 11 is 0. The Labute approximate surface area is 94.7 Å². The summed E-state index contributed by atoms with van der Waals surface area (Å²) in [6, 6.07) is 3.13. The van der Waals surface area contributed by atoms with Gasteiger partial charge in [0.25, 0.3) is 0 Å². The number of rotatable bonds is 2. The summed E-state index contributed by atoms with van der Waals surface area (Å²) in [5.41, 5.74) is 6.34. The molecule has 3 atom stereocenters. The molecule has 3 heteroatoms. The normalized spacial score (nSPS) is 27.0. The van der Waals surface area contributed by atoms with E-state index in [2.05, 4.69) is 6.92 Å². The van der Waals surface area contributed by atoms with E-state index in [1.54, 1.807) is 0 Å². The molecule has 0 radical (unpaired) electrons. The molecule has 2 N–H and O–H groups in total. The molecule has 1 fully saturated rings. The van der Waals surface area contributed by atoms with Crippen LogP contribution in [0.1, 0.15) is 37.8 Å². The minimum atomic E-state index is -0.419. The number of hydrogen-bond donors (Lipinski definition) is 1. The Balaban J connectivity index is 2.20. The lowest BCUT2D eigenvalue weighted by molar-refractivity contribution is 0.413. The Morgan fingerprint density at radius 3 is 2.69 bits per heavy atom. The van der Waals surface area contributed by atoms with Gasteiger partial charge in [-0.05, 0) is 42.9 Å². The van der Waals surface area contributed by atoms with Gasteiger partial charge in [0.2, 0.25) is 0 Å². The molecular weight excluding hydrogens is 208 g/mol. The van der Waals surface area contributed by atoms with Gasteiger partial charge in [-0.2, -0.15) is 0 Å². The summed E-state index contributed by atoms with van der Waals surface area (Å²) < 4.78 is 26.6. The van der Waals surface area contributed by atoms with Crippen LogP contribution in [-0.2, 0) is 0 Å². The lowest BCUT2D eigenvalue weighted by Crippen LogP contribution is -2.20. The van der Waals surface area contributed by atoms with Crippen LogP contribution in [0.5, 0.6) is 0 Å². The highest BCUT2D eigenvalue weighted by atomic mass is 19.1. The van der Waals surface area contributed by atoms with Crippen molar-refractivity contribution in [2.45, 2.75) is 32.2 Å². The second-order valence-corrected chi connectivity index (χ2v) is 4.87. The number of nitrogens with two attached hydrogens (primary N) is 1. The summed E-state index contributed by atoms with van der Waals surface area (Å²) in [6.45, 7) is 2.18. The molecule has 0 bridgehead atoms. The Hall–Kier alpha value is -0.960. The van der Waals surface area contributed by atoms with Crippen LogP contribution in [0.2, 0.25) is 0 Å². The molecule has 0 saturated heterocycles. The van der Waals surface area contributed by atoms with Crippen LogP contribution in [0.4, 0.5) is 8.78 Å². The second kappa shape index (κ2) is 4.50. The van der Waals surface area contributed by atoms with Crippen molar-refractivity contribution in [3.05, 3.63) is 35.4 Å². The monoisotopic (exact) mass is 225 g/mol.